The van der Waals surface area contributed by atoms with Gasteiger partial charge in [0.05, 0.1) is 18.1 Å². The standard InChI is InChI=1S/C22H28O5/c1-11(2)19(23)26-21-6-12-3-13(7-21)9-22(8-12,10-21)27-20(24)16-5-14-4-15(16)18-17(14)25-18/h12-18H,1,3-10H2,2H3. The van der Waals surface area contributed by atoms with E-state index in [0.29, 0.717) is 47.9 Å². The third kappa shape index (κ3) is 2.39. The summed E-state index contributed by atoms with van der Waals surface area (Å²) < 4.78 is 18.0. The molecule has 7 rings (SSSR count). The SMILES string of the molecule is C=C(C)C(=O)OC12CC3CC(C1)CC(OC(=O)C1CC4CC1C1OC41)(C3)C2. The van der Waals surface area contributed by atoms with E-state index in [4.69, 9.17) is 14.2 Å². The van der Waals surface area contributed by atoms with Gasteiger partial charge in [0.25, 0.3) is 0 Å². The molecule has 7 aliphatic rings. The first-order valence-electron chi connectivity index (χ1n) is 10.6. The number of carbonyl (C=O) groups is 2. The molecule has 146 valence electrons. The second kappa shape index (κ2) is 5.16. The summed E-state index contributed by atoms with van der Waals surface area (Å²) in [5.41, 5.74) is -0.445. The van der Waals surface area contributed by atoms with Crippen molar-refractivity contribution >= 4 is 11.9 Å². The summed E-state index contributed by atoms with van der Waals surface area (Å²) >= 11 is 0. The summed E-state index contributed by atoms with van der Waals surface area (Å²) in [5.74, 6) is 1.62. The van der Waals surface area contributed by atoms with Gasteiger partial charge in [0.1, 0.15) is 11.2 Å². The summed E-state index contributed by atoms with van der Waals surface area (Å²) in [6.45, 7) is 5.43. The minimum atomic E-state index is -0.459. The lowest BCUT2D eigenvalue weighted by Gasteiger charge is -2.60. The zero-order valence-corrected chi connectivity index (χ0v) is 15.9. The van der Waals surface area contributed by atoms with Crippen molar-refractivity contribution in [2.75, 3.05) is 0 Å². The summed E-state index contributed by atoms with van der Waals surface area (Å²) in [7, 11) is 0. The topological polar surface area (TPSA) is 65.1 Å². The number of ether oxygens (including phenoxy) is 3. The van der Waals surface area contributed by atoms with Gasteiger partial charge < -0.3 is 14.2 Å². The largest absolute Gasteiger partial charge is 0.459 e. The zero-order chi connectivity index (χ0) is 18.6. The molecule has 6 aliphatic carbocycles. The van der Waals surface area contributed by atoms with Crippen molar-refractivity contribution in [2.45, 2.75) is 81.7 Å². The number of hydrogen-bond acceptors (Lipinski definition) is 5. The van der Waals surface area contributed by atoms with Crippen LogP contribution in [0.2, 0.25) is 0 Å². The van der Waals surface area contributed by atoms with Crippen molar-refractivity contribution in [1.29, 1.82) is 0 Å². The molecule has 5 nitrogen and oxygen atoms in total. The van der Waals surface area contributed by atoms with Gasteiger partial charge >= 0.3 is 11.9 Å². The van der Waals surface area contributed by atoms with E-state index in [2.05, 4.69) is 6.58 Å². The fourth-order valence-electron chi connectivity index (χ4n) is 7.78. The summed E-state index contributed by atoms with van der Waals surface area (Å²) in [6, 6.07) is 0. The molecule has 0 amide bonds. The monoisotopic (exact) mass is 372 g/mol. The van der Waals surface area contributed by atoms with Gasteiger partial charge in [-0.05, 0) is 69.6 Å². The second-order valence-electron chi connectivity index (χ2n) is 10.5. The minimum Gasteiger partial charge on any atom is -0.459 e. The predicted octanol–water partition coefficient (Wildman–Crippen LogP) is 3.16. The number of fused-ring (bicyclic) bond motifs is 5. The first-order chi connectivity index (χ1) is 12.9. The molecule has 0 aromatic heterocycles. The quantitative estimate of drug-likeness (QED) is 0.431. The first-order valence-corrected chi connectivity index (χ1v) is 10.6. The molecule has 0 aromatic carbocycles. The Morgan fingerprint density at radius 3 is 2.22 bits per heavy atom. The third-order valence-corrected chi connectivity index (χ3v) is 8.33. The summed E-state index contributed by atoms with van der Waals surface area (Å²) in [5, 5.41) is 0. The van der Waals surface area contributed by atoms with Crippen LogP contribution < -0.4 is 0 Å². The van der Waals surface area contributed by atoms with Gasteiger partial charge in [-0.25, -0.2) is 4.79 Å². The molecule has 5 heteroatoms. The van der Waals surface area contributed by atoms with Crippen LogP contribution >= 0.6 is 0 Å². The highest BCUT2D eigenvalue weighted by Crippen LogP contribution is 2.62. The van der Waals surface area contributed by atoms with E-state index in [-0.39, 0.29) is 17.9 Å². The van der Waals surface area contributed by atoms with Gasteiger partial charge in [0.15, 0.2) is 0 Å². The fourth-order valence-corrected chi connectivity index (χ4v) is 7.78. The lowest BCUT2D eigenvalue weighted by atomic mass is 9.52. The molecular weight excluding hydrogens is 344 g/mol. The maximum atomic E-state index is 13.1. The Labute approximate surface area is 159 Å². The second-order valence-corrected chi connectivity index (χ2v) is 10.5. The molecule has 7 unspecified atom stereocenters. The fraction of sp³-hybridized carbons (Fsp3) is 0.818. The predicted molar refractivity (Wildman–Crippen MR) is 95.5 cm³/mol. The molecule has 1 heterocycles. The van der Waals surface area contributed by atoms with Crippen molar-refractivity contribution in [3.63, 3.8) is 0 Å². The Morgan fingerprint density at radius 2 is 1.63 bits per heavy atom. The molecule has 1 aliphatic heterocycles. The van der Waals surface area contributed by atoms with Crippen LogP contribution in [0.5, 0.6) is 0 Å². The number of carbonyl (C=O) groups excluding carboxylic acids is 2. The number of rotatable bonds is 4. The van der Waals surface area contributed by atoms with Gasteiger partial charge in [0.2, 0.25) is 0 Å². The van der Waals surface area contributed by atoms with Crippen molar-refractivity contribution in [3.05, 3.63) is 12.2 Å². The van der Waals surface area contributed by atoms with E-state index >= 15 is 0 Å². The molecule has 6 saturated carbocycles. The molecule has 0 spiro atoms. The average Bonchev–Trinajstić information content (AvgIpc) is 3.16. The Hall–Kier alpha value is -1.36. The van der Waals surface area contributed by atoms with E-state index in [1.54, 1.807) is 6.92 Å². The highest BCUT2D eigenvalue weighted by atomic mass is 16.6. The van der Waals surface area contributed by atoms with Crippen molar-refractivity contribution in [1.82, 2.24) is 0 Å². The van der Waals surface area contributed by atoms with Crippen LogP contribution in [0.1, 0.15) is 58.3 Å². The van der Waals surface area contributed by atoms with Gasteiger partial charge in [-0.1, -0.05) is 6.58 Å². The molecule has 0 radical (unpaired) electrons. The van der Waals surface area contributed by atoms with Crippen LogP contribution in [-0.4, -0.2) is 35.3 Å². The van der Waals surface area contributed by atoms with Crippen LogP contribution in [0.4, 0.5) is 0 Å². The number of epoxide rings is 1. The Morgan fingerprint density at radius 1 is 0.963 bits per heavy atom. The maximum absolute atomic E-state index is 13.1. The van der Waals surface area contributed by atoms with E-state index in [9.17, 15) is 9.59 Å². The lowest BCUT2D eigenvalue weighted by molar-refractivity contribution is -0.232. The molecule has 27 heavy (non-hydrogen) atoms. The van der Waals surface area contributed by atoms with Gasteiger partial charge in [0, 0.05) is 17.9 Å². The lowest BCUT2D eigenvalue weighted by Crippen LogP contribution is -2.62. The van der Waals surface area contributed by atoms with Crippen molar-refractivity contribution < 1.29 is 23.8 Å². The molecule has 0 N–H and O–H groups in total. The average molecular weight is 372 g/mol. The van der Waals surface area contributed by atoms with Gasteiger partial charge in [-0.2, -0.15) is 0 Å². The van der Waals surface area contributed by atoms with Crippen LogP contribution in [0, 0.1) is 29.6 Å². The molecule has 0 aromatic rings. The Bertz CT molecular complexity index is 727. The molecule has 7 fully saturated rings. The van der Waals surface area contributed by atoms with Crippen molar-refractivity contribution in [2.24, 2.45) is 29.6 Å². The van der Waals surface area contributed by atoms with Crippen molar-refractivity contribution in [3.8, 4) is 0 Å². The van der Waals surface area contributed by atoms with E-state index in [0.717, 1.165) is 38.5 Å². The molecular formula is C22H28O5. The normalized spacial score (nSPS) is 53.1. The van der Waals surface area contributed by atoms with Crippen LogP contribution in [0.25, 0.3) is 0 Å². The number of hydrogen-bond donors (Lipinski definition) is 0. The summed E-state index contributed by atoms with van der Waals surface area (Å²) in [4.78, 5) is 25.4. The zero-order valence-electron chi connectivity index (χ0n) is 15.9. The highest BCUT2D eigenvalue weighted by Gasteiger charge is 2.66. The van der Waals surface area contributed by atoms with Crippen LogP contribution in [-0.2, 0) is 23.8 Å². The van der Waals surface area contributed by atoms with E-state index in [1.165, 1.54) is 6.42 Å². The van der Waals surface area contributed by atoms with E-state index in [1.807, 2.05) is 0 Å². The molecule has 7 atom stereocenters. The summed E-state index contributed by atoms with van der Waals surface area (Å²) in [6.07, 6.45) is 8.36. The molecule has 1 saturated heterocycles. The first kappa shape index (κ1) is 16.6. The minimum absolute atomic E-state index is 0.0141. The Kier molecular flexibility index (Phi) is 3.17. The Balaban J connectivity index is 1.21. The van der Waals surface area contributed by atoms with E-state index < -0.39 is 11.2 Å². The molecule has 6 bridgehead atoms. The maximum Gasteiger partial charge on any atom is 0.333 e. The van der Waals surface area contributed by atoms with Crippen LogP contribution in [0.3, 0.4) is 0 Å². The number of esters is 2. The van der Waals surface area contributed by atoms with Gasteiger partial charge in [-0.3, -0.25) is 4.79 Å². The third-order valence-electron chi connectivity index (χ3n) is 8.33. The smallest absolute Gasteiger partial charge is 0.333 e. The highest BCUT2D eigenvalue weighted by molar-refractivity contribution is 5.87. The van der Waals surface area contributed by atoms with Gasteiger partial charge in [-0.15, -0.1) is 0 Å². The van der Waals surface area contributed by atoms with Crippen LogP contribution in [0.15, 0.2) is 12.2 Å².